The molecule has 0 bridgehead atoms. The minimum absolute atomic E-state index is 0.494. The van der Waals surface area contributed by atoms with Crippen LogP contribution in [0.5, 0.6) is 0 Å². The highest BCUT2D eigenvalue weighted by molar-refractivity contribution is 7.11. The SMILES string of the molecule is CN=C(NCCc1sc(C)nc1C)NCC(C(C)C)N1CCOCC1. The van der Waals surface area contributed by atoms with Gasteiger partial charge in [0.1, 0.15) is 0 Å². The molecule has 6 nitrogen and oxygen atoms in total. The topological polar surface area (TPSA) is 61.8 Å². The van der Waals surface area contributed by atoms with E-state index in [1.807, 2.05) is 7.05 Å². The van der Waals surface area contributed by atoms with Gasteiger partial charge in [0.25, 0.3) is 0 Å². The summed E-state index contributed by atoms with van der Waals surface area (Å²) in [6.45, 7) is 14.2. The van der Waals surface area contributed by atoms with E-state index >= 15 is 0 Å². The predicted molar refractivity (Wildman–Crippen MR) is 106 cm³/mol. The van der Waals surface area contributed by atoms with Crippen molar-refractivity contribution in [2.24, 2.45) is 10.9 Å². The van der Waals surface area contributed by atoms with Gasteiger partial charge in [-0.2, -0.15) is 0 Å². The van der Waals surface area contributed by atoms with E-state index in [0.29, 0.717) is 12.0 Å². The standard InChI is InChI=1S/C18H33N5OS/c1-13(2)16(23-8-10-24-11-9-23)12-21-18(19-5)20-7-6-17-14(3)22-15(4)25-17/h13,16H,6-12H2,1-5H3,(H2,19,20,21). The first-order valence-corrected chi connectivity index (χ1v) is 10.0. The molecule has 142 valence electrons. The van der Waals surface area contributed by atoms with Crippen molar-refractivity contribution in [2.75, 3.05) is 46.4 Å². The minimum atomic E-state index is 0.494. The van der Waals surface area contributed by atoms with Crippen LogP contribution in [0, 0.1) is 19.8 Å². The number of aromatic nitrogens is 1. The van der Waals surface area contributed by atoms with Gasteiger partial charge in [-0.25, -0.2) is 4.98 Å². The molecular weight excluding hydrogens is 334 g/mol. The second-order valence-corrected chi connectivity index (χ2v) is 8.12. The van der Waals surface area contributed by atoms with Gasteiger partial charge in [0.15, 0.2) is 5.96 Å². The molecule has 0 saturated carbocycles. The summed E-state index contributed by atoms with van der Waals surface area (Å²) in [4.78, 5) is 12.7. The Labute approximate surface area is 156 Å². The largest absolute Gasteiger partial charge is 0.379 e. The first-order valence-electron chi connectivity index (χ1n) is 9.20. The fourth-order valence-electron chi connectivity index (χ4n) is 3.22. The molecule has 2 rings (SSSR count). The molecule has 0 amide bonds. The fourth-order valence-corrected chi connectivity index (χ4v) is 4.15. The van der Waals surface area contributed by atoms with Gasteiger partial charge >= 0.3 is 0 Å². The maximum atomic E-state index is 5.48. The van der Waals surface area contributed by atoms with Crippen molar-refractivity contribution in [3.63, 3.8) is 0 Å². The van der Waals surface area contributed by atoms with Gasteiger partial charge in [0, 0.05) is 50.6 Å². The highest BCUT2D eigenvalue weighted by Gasteiger charge is 2.23. The molecule has 2 N–H and O–H groups in total. The molecule has 1 aliphatic heterocycles. The molecule has 25 heavy (non-hydrogen) atoms. The van der Waals surface area contributed by atoms with Crippen LogP contribution in [0.25, 0.3) is 0 Å². The number of aliphatic imine (C=N–C) groups is 1. The highest BCUT2D eigenvalue weighted by Crippen LogP contribution is 2.17. The van der Waals surface area contributed by atoms with E-state index in [4.69, 9.17) is 4.74 Å². The van der Waals surface area contributed by atoms with Crippen molar-refractivity contribution in [2.45, 2.75) is 40.2 Å². The van der Waals surface area contributed by atoms with Crippen molar-refractivity contribution in [1.82, 2.24) is 20.5 Å². The smallest absolute Gasteiger partial charge is 0.191 e. The molecule has 2 heterocycles. The van der Waals surface area contributed by atoms with Gasteiger partial charge in [0.2, 0.25) is 0 Å². The maximum Gasteiger partial charge on any atom is 0.191 e. The zero-order valence-electron chi connectivity index (χ0n) is 16.3. The average Bonchev–Trinajstić information content (AvgIpc) is 2.91. The Morgan fingerprint density at radius 2 is 2.00 bits per heavy atom. The number of nitrogens with zero attached hydrogens (tertiary/aromatic N) is 3. The zero-order valence-corrected chi connectivity index (χ0v) is 17.1. The monoisotopic (exact) mass is 367 g/mol. The third-order valence-corrected chi connectivity index (χ3v) is 5.76. The Morgan fingerprint density at radius 1 is 1.28 bits per heavy atom. The summed E-state index contributed by atoms with van der Waals surface area (Å²) in [5.74, 6) is 1.46. The third kappa shape index (κ3) is 6.24. The van der Waals surface area contributed by atoms with Crippen LogP contribution in [0.2, 0.25) is 0 Å². The Balaban J connectivity index is 1.79. The molecule has 1 aromatic heterocycles. The lowest BCUT2D eigenvalue weighted by atomic mass is 10.0. The molecule has 1 saturated heterocycles. The molecule has 1 aromatic rings. The number of morpholine rings is 1. The van der Waals surface area contributed by atoms with Crippen molar-refractivity contribution >= 4 is 17.3 Å². The molecule has 0 spiro atoms. The number of hydrogen-bond acceptors (Lipinski definition) is 5. The van der Waals surface area contributed by atoms with Crippen LogP contribution in [0.1, 0.15) is 29.4 Å². The molecule has 0 aromatic carbocycles. The van der Waals surface area contributed by atoms with E-state index in [2.05, 4.69) is 53.2 Å². The second-order valence-electron chi connectivity index (χ2n) is 6.83. The Hall–Kier alpha value is -1.18. The Bertz CT molecular complexity index is 552. The number of thiazole rings is 1. The van der Waals surface area contributed by atoms with E-state index < -0.39 is 0 Å². The van der Waals surface area contributed by atoms with Gasteiger partial charge in [-0.3, -0.25) is 9.89 Å². The number of nitrogens with one attached hydrogen (secondary N) is 2. The predicted octanol–water partition coefficient (Wildman–Crippen LogP) is 1.82. The average molecular weight is 368 g/mol. The van der Waals surface area contributed by atoms with Crippen LogP contribution in [0.3, 0.4) is 0 Å². The van der Waals surface area contributed by atoms with Crippen molar-refractivity contribution in [3.05, 3.63) is 15.6 Å². The normalized spacial score (nSPS) is 17.8. The summed E-state index contributed by atoms with van der Waals surface area (Å²) < 4.78 is 5.48. The maximum absolute atomic E-state index is 5.48. The summed E-state index contributed by atoms with van der Waals surface area (Å²) in [6.07, 6.45) is 0.981. The number of guanidine groups is 1. The lowest BCUT2D eigenvalue weighted by Crippen LogP contribution is -2.52. The first kappa shape index (κ1) is 20.1. The van der Waals surface area contributed by atoms with E-state index in [1.165, 1.54) is 4.88 Å². The Morgan fingerprint density at radius 3 is 2.56 bits per heavy atom. The summed E-state index contributed by atoms with van der Waals surface area (Å²) in [7, 11) is 1.83. The summed E-state index contributed by atoms with van der Waals surface area (Å²) >= 11 is 1.78. The first-order chi connectivity index (χ1) is 12.0. The molecule has 7 heteroatoms. The van der Waals surface area contributed by atoms with Crippen LogP contribution in [-0.2, 0) is 11.2 Å². The van der Waals surface area contributed by atoms with E-state index in [0.717, 1.165) is 62.5 Å². The fraction of sp³-hybridized carbons (Fsp3) is 0.778. The molecule has 0 radical (unpaired) electrons. The zero-order chi connectivity index (χ0) is 18.2. The summed E-state index contributed by atoms with van der Waals surface area (Å²) in [6, 6.07) is 0.494. The van der Waals surface area contributed by atoms with Crippen LogP contribution in [0.4, 0.5) is 0 Å². The third-order valence-electron chi connectivity index (χ3n) is 4.63. The lowest BCUT2D eigenvalue weighted by molar-refractivity contribution is 0.00752. The molecule has 1 unspecified atom stereocenters. The van der Waals surface area contributed by atoms with Gasteiger partial charge < -0.3 is 15.4 Å². The number of rotatable bonds is 7. The Kier molecular flexibility index (Phi) is 8.12. The number of hydrogen-bond donors (Lipinski definition) is 2. The number of ether oxygens (including phenoxy) is 1. The van der Waals surface area contributed by atoms with E-state index in [9.17, 15) is 0 Å². The number of aryl methyl sites for hydroxylation is 2. The summed E-state index contributed by atoms with van der Waals surface area (Å²) in [5, 5.41) is 8.06. The minimum Gasteiger partial charge on any atom is -0.379 e. The van der Waals surface area contributed by atoms with E-state index in [1.54, 1.807) is 11.3 Å². The van der Waals surface area contributed by atoms with Crippen LogP contribution >= 0.6 is 11.3 Å². The molecular formula is C18H33N5OS. The van der Waals surface area contributed by atoms with Gasteiger partial charge in [-0.05, 0) is 19.8 Å². The van der Waals surface area contributed by atoms with Crippen LogP contribution < -0.4 is 10.6 Å². The van der Waals surface area contributed by atoms with Crippen molar-refractivity contribution in [1.29, 1.82) is 0 Å². The lowest BCUT2D eigenvalue weighted by Gasteiger charge is -2.37. The van der Waals surface area contributed by atoms with E-state index in [-0.39, 0.29) is 0 Å². The van der Waals surface area contributed by atoms with Crippen molar-refractivity contribution in [3.8, 4) is 0 Å². The van der Waals surface area contributed by atoms with Crippen molar-refractivity contribution < 1.29 is 4.74 Å². The van der Waals surface area contributed by atoms with Gasteiger partial charge in [0.05, 0.1) is 23.9 Å². The molecule has 0 aliphatic carbocycles. The molecule has 1 fully saturated rings. The molecule has 1 atom stereocenters. The highest BCUT2D eigenvalue weighted by atomic mass is 32.1. The van der Waals surface area contributed by atoms with Gasteiger partial charge in [-0.15, -0.1) is 11.3 Å². The summed E-state index contributed by atoms with van der Waals surface area (Å²) in [5.41, 5.74) is 1.15. The van der Waals surface area contributed by atoms with Crippen LogP contribution in [-0.4, -0.2) is 68.3 Å². The van der Waals surface area contributed by atoms with Gasteiger partial charge in [-0.1, -0.05) is 13.8 Å². The second kappa shape index (κ2) is 10.1. The molecule has 1 aliphatic rings. The quantitative estimate of drug-likeness (QED) is 0.569. The van der Waals surface area contributed by atoms with Crippen LogP contribution in [0.15, 0.2) is 4.99 Å².